The zero-order chi connectivity index (χ0) is 19.5. The molecule has 0 aliphatic heterocycles. The van der Waals surface area contributed by atoms with E-state index in [0.29, 0.717) is 0 Å². The summed E-state index contributed by atoms with van der Waals surface area (Å²) in [6.07, 6.45) is 4.37. The molecule has 0 fully saturated rings. The van der Waals surface area contributed by atoms with Crippen LogP contribution in [0.4, 0.5) is 0 Å². The molecule has 0 saturated heterocycles. The first-order chi connectivity index (χ1) is 13.6. The van der Waals surface area contributed by atoms with Crippen LogP contribution in [0.25, 0.3) is 0 Å². The molecule has 0 bridgehead atoms. The third kappa shape index (κ3) is 3.20. The topological polar surface area (TPSA) is 12.9 Å². The number of rotatable bonds is 5. The van der Waals surface area contributed by atoms with Gasteiger partial charge in [0.15, 0.2) is 0 Å². The van der Waals surface area contributed by atoms with E-state index in [1.165, 1.54) is 15.9 Å². The Morgan fingerprint density at radius 2 is 1.11 bits per heavy atom. The molecular formula is C24H20BrClNP. The molecule has 0 spiro atoms. The van der Waals surface area contributed by atoms with Crippen molar-refractivity contribution in [3.8, 4) is 0 Å². The van der Waals surface area contributed by atoms with Crippen LogP contribution >= 0.6 is 32.4 Å². The van der Waals surface area contributed by atoms with Gasteiger partial charge in [0.2, 0.25) is 0 Å². The van der Waals surface area contributed by atoms with Crippen molar-refractivity contribution in [3.63, 3.8) is 0 Å². The number of nitrogens with zero attached hydrogens (tertiary/aromatic N) is 1. The summed E-state index contributed by atoms with van der Waals surface area (Å²) in [6.45, 7) is 0. The van der Waals surface area contributed by atoms with E-state index in [1.807, 2.05) is 12.3 Å². The standard InChI is InChI=1S/C24H20BrClNP/c25-28(21-10-4-1-5-11-21,22-12-6-2-7-13-22,23-14-8-3-9-15-23)19-20-18-27-17-16-24(20)26/h1-18H,19H2. The first-order valence-electron chi connectivity index (χ1n) is 9.11. The van der Waals surface area contributed by atoms with Crippen molar-refractivity contribution in [3.05, 3.63) is 120 Å². The monoisotopic (exact) mass is 467 g/mol. The Morgan fingerprint density at radius 1 is 0.679 bits per heavy atom. The summed E-state index contributed by atoms with van der Waals surface area (Å²) in [5.74, 6) is 0. The Hall–Kier alpha value is -1.99. The van der Waals surface area contributed by atoms with E-state index in [-0.39, 0.29) is 0 Å². The SMILES string of the molecule is Clc1ccncc1CP(Br)(c1ccccc1)(c1ccccc1)c1ccccc1. The molecular weight excluding hydrogens is 449 g/mol. The molecule has 0 N–H and O–H groups in total. The molecule has 1 heterocycles. The van der Waals surface area contributed by atoms with Gasteiger partial charge in [-0.25, -0.2) is 0 Å². The summed E-state index contributed by atoms with van der Waals surface area (Å²) in [5.41, 5.74) is 1.04. The molecule has 4 heteroatoms. The van der Waals surface area contributed by atoms with Gasteiger partial charge in [-0.1, -0.05) is 0 Å². The van der Waals surface area contributed by atoms with E-state index < -0.39 is 5.31 Å². The third-order valence-corrected chi connectivity index (χ3v) is 15.1. The molecule has 0 saturated carbocycles. The van der Waals surface area contributed by atoms with Crippen LogP contribution in [0, 0.1) is 0 Å². The van der Waals surface area contributed by atoms with Gasteiger partial charge in [0.25, 0.3) is 0 Å². The molecule has 0 radical (unpaired) electrons. The number of benzene rings is 3. The van der Waals surface area contributed by atoms with Gasteiger partial charge >= 0.3 is 179 Å². The van der Waals surface area contributed by atoms with Crippen LogP contribution in [0.2, 0.25) is 5.02 Å². The maximum atomic E-state index is 6.61. The van der Waals surface area contributed by atoms with E-state index in [4.69, 9.17) is 11.6 Å². The van der Waals surface area contributed by atoms with Gasteiger partial charge in [0.05, 0.1) is 0 Å². The third-order valence-electron chi connectivity index (χ3n) is 5.20. The van der Waals surface area contributed by atoms with Crippen LogP contribution in [0.15, 0.2) is 109 Å². The van der Waals surface area contributed by atoms with Gasteiger partial charge in [0, 0.05) is 0 Å². The van der Waals surface area contributed by atoms with Crippen LogP contribution in [0.1, 0.15) is 5.56 Å². The summed E-state index contributed by atoms with van der Waals surface area (Å²) >= 11 is 11.0. The van der Waals surface area contributed by atoms with Gasteiger partial charge in [-0.2, -0.15) is 0 Å². The average Bonchev–Trinajstić information content (AvgIpc) is 2.77. The Labute approximate surface area is 179 Å². The molecule has 140 valence electrons. The minimum atomic E-state index is -3.02. The fraction of sp³-hybridized carbons (Fsp3) is 0.0417. The summed E-state index contributed by atoms with van der Waals surface area (Å²) < 4.78 is 0. The Kier molecular flexibility index (Phi) is 5.38. The molecule has 4 aromatic rings. The van der Waals surface area contributed by atoms with E-state index >= 15 is 0 Å². The quantitative estimate of drug-likeness (QED) is 0.324. The average molecular weight is 469 g/mol. The molecule has 3 aromatic carbocycles. The zero-order valence-electron chi connectivity index (χ0n) is 15.2. The molecule has 0 unspecified atom stereocenters. The van der Waals surface area contributed by atoms with Crippen LogP contribution in [0.3, 0.4) is 0 Å². The summed E-state index contributed by atoms with van der Waals surface area (Å²) in [5, 5.41) is 1.53. The maximum absolute atomic E-state index is 6.61. The van der Waals surface area contributed by atoms with E-state index in [2.05, 4.69) is 111 Å². The molecule has 0 atom stereocenters. The number of hydrogen-bond acceptors (Lipinski definition) is 1. The van der Waals surface area contributed by atoms with Crippen molar-refractivity contribution in [2.45, 2.75) is 6.16 Å². The second kappa shape index (κ2) is 7.79. The minimum absolute atomic E-state index is 0.742. The van der Waals surface area contributed by atoms with E-state index in [0.717, 1.165) is 16.7 Å². The predicted octanol–water partition coefficient (Wildman–Crippen LogP) is 6.07. The van der Waals surface area contributed by atoms with Gasteiger partial charge in [-0.15, -0.1) is 0 Å². The van der Waals surface area contributed by atoms with Crippen molar-refractivity contribution in [2.75, 3.05) is 0 Å². The molecule has 1 aromatic heterocycles. The van der Waals surface area contributed by atoms with Crippen LogP contribution in [0.5, 0.6) is 0 Å². The van der Waals surface area contributed by atoms with Crippen LogP contribution in [-0.2, 0) is 6.16 Å². The van der Waals surface area contributed by atoms with Crippen molar-refractivity contribution < 1.29 is 0 Å². The van der Waals surface area contributed by atoms with Gasteiger partial charge in [-0.05, 0) is 0 Å². The Balaban J connectivity index is 2.11. The number of hydrogen-bond donors (Lipinski definition) is 0. The summed E-state index contributed by atoms with van der Waals surface area (Å²) in [4.78, 5) is 4.36. The Morgan fingerprint density at radius 3 is 1.50 bits per heavy atom. The first-order valence-corrected chi connectivity index (χ1v) is 13.9. The first kappa shape index (κ1) is 19.3. The van der Waals surface area contributed by atoms with E-state index in [1.54, 1.807) is 6.20 Å². The molecule has 0 amide bonds. The van der Waals surface area contributed by atoms with Crippen LogP contribution in [-0.4, -0.2) is 4.98 Å². The predicted molar refractivity (Wildman–Crippen MR) is 127 cm³/mol. The Bertz CT molecular complexity index is 972. The molecule has 1 nitrogen and oxygen atoms in total. The fourth-order valence-corrected chi connectivity index (χ4v) is 11.7. The second-order valence-electron chi connectivity index (χ2n) is 6.81. The van der Waals surface area contributed by atoms with Gasteiger partial charge in [-0.3, -0.25) is 0 Å². The van der Waals surface area contributed by atoms with Crippen molar-refractivity contribution in [2.24, 2.45) is 0 Å². The van der Waals surface area contributed by atoms with Crippen LogP contribution < -0.4 is 15.9 Å². The van der Waals surface area contributed by atoms with Crippen molar-refractivity contribution in [1.29, 1.82) is 0 Å². The van der Waals surface area contributed by atoms with Crippen molar-refractivity contribution in [1.82, 2.24) is 4.98 Å². The normalized spacial score (nSPS) is 12.9. The van der Waals surface area contributed by atoms with Gasteiger partial charge in [0.1, 0.15) is 0 Å². The summed E-state index contributed by atoms with van der Waals surface area (Å²) in [7, 11) is 0. The number of pyridine rings is 1. The zero-order valence-corrected chi connectivity index (χ0v) is 18.5. The molecule has 28 heavy (non-hydrogen) atoms. The molecule has 0 aliphatic carbocycles. The molecule has 4 rings (SSSR count). The molecule has 0 aliphatic rings. The van der Waals surface area contributed by atoms with E-state index in [9.17, 15) is 0 Å². The summed E-state index contributed by atoms with van der Waals surface area (Å²) in [6, 6.07) is 34.0. The van der Waals surface area contributed by atoms with Crippen molar-refractivity contribution >= 4 is 48.3 Å². The number of halogens is 2. The van der Waals surface area contributed by atoms with Gasteiger partial charge < -0.3 is 0 Å². The number of aromatic nitrogens is 1. The fourth-order valence-electron chi connectivity index (χ4n) is 3.78. The second-order valence-corrected chi connectivity index (χ2v) is 16.1.